The Kier molecular flexibility index (Phi) is 5.47. The van der Waals surface area contributed by atoms with Gasteiger partial charge in [0.2, 0.25) is 0 Å². The lowest BCUT2D eigenvalue weighted by Crippen LogP contribution is -2.29. The maximum atomic E-state index is 13.0. The number of methoxy groups -OCH3 is 1. The van der Waals surface area contributed by atoms with Crippen LogP contribution in [-0.4, -0.2) is 36.9 Å². The zero-order chi connectivity index (χ0) is 12.7. The SMILES string of the molecule is COCCNCCC(C)(O)c1cncc(F)c1. The molecule has 0 saturated heterocycles. The molecule has 0 aliphatic heterocycles. The van der Waals surface area contributed by atoms with Crippen LogP contribution in [0.1, 0.15) is 18.9 Å². The lowest BCUT2D eigenvalue weighted by atomic mass is 9.94. The number of hydrogen-bond donors (Lipinski definition) is 2. The number of nitrogens with one attached hydrogen (secondary N) is 1. The molecule has 17 heavy (non-hydrogen) atoms. The zero-order valence-electron chi connectivity index (χ0n) is 10.2. The van der Waals surface area contributed by atoms with Gasteiger partial charge in [-0.2, -0.15) is 0 Å². The predicted octanol–water partition coefficient (Wildman–Crippen LogP) is 1.05. The van der Waals surface area contributed by atoms with Gasteiger partial charge in [0, 0.05) is 25.4 Å². The first-order valence-electron chi connectivity index (χ1n) is 5.59. The summed E-state index contributed by atoms with van der Waals surface area (Å²) in [4.78, 5) is 3.73. The molecule has 0 aliphatic rings. The highest BCUT2D eigenvalue weighted by atomic mass is 19.1. The highest BCUT2D eigenvalue weighted by Gasteiger charge is 2.23. The first-order valence-corrected chi connectivity index (χ1v) is 5.59. The van der Waals surface area contributed by atoms with E-state index in [1.54, 1.807) is 14.0 Å². The average molecular weight is 242 g/mol. The third-order valence-electron chi connectivity index (χ3n) is 2.60. The van der Waals surface area contributed by atoms with Gasteiger partial charge < -0.3 is 15.2 Å². The predicted molar refractivity (Wildman–Crippen MR) is 63.1 cm³/mol. The van der Waals surface area contributed by atoms with Crippen LogP contribution in [-0.2, 0) is 10.3 Å². The number of aromatic nitrogens is 1. The van der Waals surface area contributed by atoms with E-state index in [0.29, 0.717) is 25.1 Å². The van der Waals surface area contributed by atoms with Crippen LogP contribution in [0.2, 0.25) is 0 Å². The van der Waals surface area contributed by atoms with Gasteiger partial charge in [0.05, 0.1) is 18.4 Å². The Bertz CT molecular complexity index is 345. The third-order valence-corrected chi connectivity index (χ3v) is 2.60. The monoisotopic (exact) mass is 242 g/mol. The minimum Gasteiger partial charge on any atom is -0.385 e. The Morgan fingerprint density at radius 2 is 2.24 bits per heavy atom. The van der Waals surface area contributed by atoms with E-state index >= 15 is 0 Å². The highest BCUT2D eigenvalue weighted by molar-refractivity contribution is 5.17. The Morgan fingerprint density at radius 1 is 1.47 bits per heavy atom. The topological polar surface area (TPSA) is 54.4 Å². The Balaban J connectivity index is 2.45. The second-order valence-corrected chi connectivity index (χ2v) is 4.16. The van der Waals surface area contributed by atoms with E-state index in [9.17, 15) is 9.50 Å². The molecule has 0 saturated carbocycles. The molecule has 5 heteroatoms. The van der Waals surface area contributed by atoms with E-state index in [1.807, 2.05) is 0 Å². The van der Waals surface area contributed by atoms with Gasteiger partial charge in [-0.05, 0) is 26.0 Å². The van der Waals surface area contributed by atoms with Crippen LogP contribution >= 0.6 is 0 Å². The second-order valence-electron chi connectivity index (χ2n) is 4.16. The molecule has 0 radical (unpaired) electrons. The molecule has 1 unspecified atom stereocenters. The fraction of sp³-hybridized carbons (Fsp3) is 0.583. The zero-order valence-corrected chi connectivity index (χ0v) is 10.2. The maximum absolute atomic E-state index is 13.0. The Hall–Kier alpha value is -1.04. The van der Waals surface area contributed by atoms with E-state index in [4.69, 9.17) is 4.74 Å². The second kappa shape index (κ2) is 6.64. The summed E-state index contributed by atoms with van der Waals surface area (Å²) in [6.07, 6.45) is 3.09. The number of halogens is 1. The molecule has 1 aromatic heterocycles. The van der Waals surface area contributed by atoms with E-state index in [0.717, 1.165) is 12.7 Å². The molecular formula is C12H19FN2O2. The Labute approximate surface area is 101 Å². The molecule has 0 aliphatic carbocycles. The average Bonchev–Trinajstić information content (AvgIpc) is 2.29. The molecule has 0 aromatic carbocycles. The molecule has 2 N–H and O–H groups in total. The summed E-state index contributed by atoms with van der Waals surface area (Å²) in [5, 5.41) is 13.3. The fourth-order valence-electron chi connectivity index (χ4n) is 1.48. The van der Waals surface area contributed by atoms with Crippen LogP contribution in [0.15, 0.2) is 18.5 Å². The van der Waals surface area contributed by atoms with E-state index in [1.165, 1.54) is 12.3 Å². The number of aliphatic hydroxyl groups is 1. The summed E-state index contributed by atoms with van der Waals surface area (Å²) in [6.45, 7) is 3.64. The number of nitrogens with zero attached hydrogens (tertiary/aromatic N) is 1. The van der Waals surface area contributed by atoms with Crippen molar-refractivity contribution in [1.29, 1.82) is 0 Å². The molecular weight excluding hydrogens is 223 g/mol. The molecule has 1 heterocycles. The lowest BCUT2D eigenvalue weighted by Gasteiger charge is -2.23. The summed E-state index contributed by atoms with van der Waals surface area (Å²) >= 11 is 0. The standard InChI is InChI=1S/C12H19FN2O2/c1-12(16,3-4-14-5-6-17-2)10-7-11(13)9-15-8-10/h7-9,14,16H,3-6H2,1-2H3. The molecule has 1 rings (SSSR count). The smallest absolute Gasteiger partial charge is 0.141 e. The van der Waals surface area contributed by atoms with Crippen LogP contribution < -0.4 is 5.32 Å². The molecule has 96 valence electrons. The van der Waals surface area contributed by atoms with Crippen molar-refractivity contribution in [2.24, 2.45) is 0 Å². The maximum Gasteiger partial charge on any atom is 0.141 e. The van der Waals surface area contributed by atoms with Gasteiger partial charge in [-0.15, -0.1) is 0 Å². The number of rotatable bonds is 7. The molecule has 0 bridgehead atoms. The van der Waals surface area contributed by atoms with Crippen LogP contribution in [0.5, 0.6) is 0 Å². The van der Waals surface area contributed by atoms with Crippen LogP contribution in [0, 0.1) is 5.82 Å². The van der Waals surface area contributed by atoms with Crippen LogP contribution in [0.3, 0.4) is 0 Å². The largest absolute Gasteiger partial charge is 0.385 e. The normalized spacial score (nSPS) is 14.6. The van der Waals surface area contributed by atoms with Gasteiger partial charge in [-0.1, -0.05) is 0 Å². The summed E-state index contributed by atoms with van der Waals surface area (Å²) in [7, 11) is 1.64. The third kappa shape index (κ3) is 4.77. The van der Waals surface area contributed by atoms with Crippen LogP contribution in [0.25, 0.3) is 0 Å². The van der Waals surface area contributed by atoms with Crippen molar-refractivity contribution < 1.29 is 14.2 Å². The number of ether oxygens (including phenoxy) is 1. The molecule has 0 fully saturated rings. The van der Waals surface area contributed by atoms with Crippen molar-refractivity contribution in [3.63, 3.8) is 0 Å². The first kappa shape index (κ1) is 14.0. The minimum atomic E-state index is -1.07. The van der Waals surface area contributed by atoms with Crippen LogP contribution in [0.4, 0.5) is 4.39 Å². The molecule has 4 nitrogen and oxygen atoms in total. The van der Waals surface area contributed by atoms with Gasteiger partial charge in [0.25, 0.3) is 0 Å². The van der Waals surface area contributed by atoms with E-state index in [2.05, 4.69) is 10.3 Å². The molecule has 1 aromatic rings. The Morgan fingerprint density at radius 3 is 2.88 bits per heavy atom. The van der Waals surface area contributed by atoms with Crippen molar-refractivity contribution in [1.82, 2.24) is 10.3 Å². The summed E-state index contributed by atoms with van der Waals surface area (Å²) in [5.74, 6) is -0.435. The molecule has 0 amide bonds. The quantitative estimate of drug-likeness (QED) is 0.702. The van der Waals surface area contributed by atoms with Crippen molar-refractivity contribution in [2.75, 3.05) is 26.8 Å². The summed E-state index contributed by atoms with van der Waals surface area (Å²) in [5.41, 5.74) is -0.583. The molecule has 1 atom stereocenters. The van der Waals surface area contributed by atoms with E-state index in [-0.39, 0.29) is 0 Å². The minimum absolute atomic E-state index is 0.435. The van der Waals surface area contributed by atoms with Gasteiger partial charge in [0.1, 0.15) is 5.82 Å². The van der Waals surface area contributed by atoms with Crippen molar-refractivity contribution in [3.8, 4) is 0 Å². The van der Waals surface area contributed by atoms with Crippen molar-refractivity contribution in [2.45, 2.75) is 18.9 Å². The van der Waals surface area contributed by atoms with Crippen molar-refractivity contribution in [3.05, 3.63) is 29.8 Å². The van der Waals surface area contributed by atoms with Gasteiger partial charge in [-0.3, -0.25) is 4.98 Å². The lowest BCUT2D eigenvalue weighted by molar-refractivity contribution is 0.0468. The van der Waals surface area contributed by atoms with Gasteiger partial charge in [-0.25, -0.2) is 4.39 Å². The van der Waals surface area contributed by atoms with Crippen molar-refractivity contribution >= 4 is 0 Å². The van der Waals surface area contributed by atoms with Gasteiger partial charge in [0.15, 0.2) is 0 Å². The highest BCUT2D eigenvalue weighted by Crippen LogP contribution is 2.23. The summed E-state index contributed by atoms with van der Waals surface area (Å²) in [6, 6.07) is 1.31. The van der Waals surface area contributed by atoms with E-state index < -0.39 is 11.4 Å². The fourth-order valence-corrected chi connectivity index (χ4v) is 1.48. The first-order chi connectivity index (χ1) is 8.06. The molecule has 0 spiro atoms. The number of hydrogen-bond acceptors (Lipinski definition) is 4. The number of pyridine rings is 1. The summed E-state index contributed by atoms with van der Waals surface area (Å²) < 4.78 is 17.9. The van der Waals surface area contributed by atoms with Gasteiger partial charge >= 0.3 is 0 Å².